The van der Waals surface area contributed by atoms with Crippen molar-refractivity contribution in [2.45, 2.75) is 47.5 Å². The molecule has 2 rings (SSSR count). The predicted octanol–water partition coefficient (Wildman–Crippen LogP) is 3.96. The van der Waals surface area contributed by atoms with E-state index in [1.54, 1.807) is 12.8 Å². The Morgan fingerprint density at radius 3 is 1.85 bits per heavy atom. The SMILES string of the molecule is CC(C)C(C)C1CC12CC2C(C)C. The second-order valence-electron chi connectivity index (χ2n) is 6.20. The lowest BCUT2D eigenvalue weighted by Gasteiger charge is -2.15. The van der Waals surface area contributed by atoms with Gasteiger partial charge >= 0.3 is 0 Å². The molecule has 0 aromatic carbocycles. The zero-order chi connectivity index (χ0) is 9.80. The first-order chi connectivity index (χ1) is 5.99. The molecule has 0 nitrogen and oxygen atoms in total. The summed E-state index contributed by atoms with van der Waals surface area (Å²) in [6.45, 7) is 12.0. The molecule has 0 aromatic rings. The molecule has 0 heterocycles. The lowest BCUT2D eigenvalue weighted by molar-refractivity contribution is 0.337. The average Bonchev–Trinajstić information content (AvgIpc) is 2.90. The summed E-state index contributed by atoms with van der Waals surface area (Å²) in [6.07, 6.45) is 3.10. The summed E-state index contributed by atoms with van der Waals surface area (Å²) >= 11 is 0. The highest BCUT2D eigenvalue weighted by Gasteiger charge is 2.71. The molecule has 4 unspecified atom stereocenters. The quantitative estimate of drug-likeness (QED) is 0.616. The van der Waals surface area contributed by atoms with Crippen molar-refractivity contribution in [1.82, 2.24) is 0 Å². The lowest BCUT2D eigenvalue weighted by Crippen LogP contribution is -2.08. The van der Waals surface area contributed by atoms with Gasteiger partial charge in [0, 0.05) is 0 Å². The Morgan fingerprint density at radius 2 is 1.46 bits per heavy atom. The van der Waals surface area contributed by atoms with Crippen LogP contribution in [0.4, 0.5) is 0 Å². The van der Waals surface area contributed by atoms with Crippen molar-refractivity contribution in [3.8, 4) is 0 Å². The Hall–Kier alpha value is 0. The summed E-state index contributed by atoms with van der Waals surface area (Å²) in [5.74, 6) is 4.95. The minimum atomic E-state index is 0.859. The monoisotopic (exact) mass is 180 g/mol. The van der Waals surface area contributed by atoms with E-state index in [1.165, 1.54) is 0 Å². The summed E-state index contributed by atoms with van der Waals surface area (Å²) in [5, 5.41) is 0. The normalized spacial score (nSPS) is 44.5. The van der Waals surface area contributed by atoms with Crippen molar-refractivity contribution >= 4 is 0 Å². The van der Waals surface area contributed by atoms with Crippen LogP contribution in [0.3, 0.4) is 0 Å². The average molecular weight is 180 g/mol. The highest BCUT2D eigenvalue weighted by Crippen LogP contribution is 2.78. The van der Waals surface area contributed by atoms with E-state index in [-0.39, 0.29) is 0 Å². The van der Waals surface area contributed by atoms with Crippen LogP contribution >= 0.6 is 0 Å². The lowest BCUT2D eigenvalue weighted by atomic mass is 9.90. The largest absolute Gasteiger partial charge is 0.0625 e. The van der Waals surface area contributed by atoms with Crippen molar-refractivity contribution in [1.29, 1.82) is 0 Å². The maximum absolute atomic E-state index is 2.46. The van der Waals surface area contributed by atoms with E-state index in [0.717, 1.165) is 35.0 Å². The zero-order valence-electron chi connectivity index (χ0n) is 9.80. The molecule has 0 radical (unpaired) electrons. The topological polar surface area (TPSA) is 0 Å². The third kappa shape index (κ3) is 1.33. The van der Waals surface area contributed by atoms with E-state index in [2.05, 4.69) is 34.6 Å². The standard InChI is InChI=1S/C13H24/c1-8(2)10(5)12-7-13(12)6-11(13)9(3)4/h8-12H,6-7H2,1-5H3. The molecule has 0 aromatic heterocycles. The van der Waals surface area contributed by atoms with Gasteiger partial charge in [-0.25, -0.2) is 0 Å². The van der Waals surface area contributed by atoms with Gasteiger partial charge in [0.2, 0.25) is 0 Å². The minimum Gasteiger partial charge on any atom is -0.0625 e. The fourth-order valence-electron chi connectivity index (χ4n) is 3.44. The number of rotatable bonds is 3. The molecule has 0 heteroatoms. The second-order valence-corrected chi connectivity index (χ2v) is 6.20. The maximum atomic E-state index is 2.46. The number of hydrogen-bond acceptors (Lipinski definition) is 0. The molecule has 13 heavy (non-hydrogen) atoms. The molecule has 76 valence electrons. The summed E-state index contributed by atoms with van der Waals surface area (Å²) in [5.41, 5.74) is 0.859. The van der Waals surface area contributed by atoms with Crippen molar-refractivity contribution in [3.05, 3.63) is 0 Å². The van der Waals surface area contributed by atoms with Crippen molar-refractivity contribution < 1.29 is 0 Å². The van der Waals surface area contributed by atoms with Crippen molar-refractivity contribution in [2.24, 2.45) is 35.0 Å². The van der Waals surface area contributed by atoms with E-state index in [9.17, 15) is 0 Å². The molecule has 2 aliphatic rings. The fraction of sp³-hybridized carbons (Fsp3) is 1.00. The van der Waals surface area contributed by atoms with E-state index >= 15 is 0 Å². The molecule has 0 saturated heterocycles. The molecule has 4 atom stereocenters. The third-order valence-electron chi connectivity index (χ3n) is 4.85. The van der Waals surface area contributed by atoms with Gasteiger partial charge in [-0.2, -0.15) is 0 Å². The molecular formula is C13H24. The summed E-state index contributed by atoms with van der Waals surface area (Å²) < 4.78 is 0. The van der Waals surface area contributed by atoms with Gasteiger partial charge in [0.15, 0.2) is 0 Å². The van der Waals surface area contributed by atoms with Gasteiger partial charge in [-0.1, -0.05) is 34.6 Å². The predicted molar refractivity (Wildman–Crippen MR) is 57.5 cm³/mol. The first kappa shape index (κ1) is 9.55. The third-order valence-corrected chi connectivity index (χ3v) is 4.85. The van der Waals surface area contributed by atoms with Crippen LogP contribution in [0, 0.1) is 35.0 Å². The van der Waals surface area contributed by atoms with Crippen molar-refractivity contribution in [3.63, 3.8) is 0 Å². The van der Waals surface area contributed by atoms with E-state index in [0.29, 0.717) is 0 Å². The molecule has 0 aliphatic heterocycles. The van der Waals surface area contributed by atoms with Gasteiger partial charge in [0.1, 0.15) is 0 Å². The summed E-state index contributed by atoms with van der Waals surface area (Å²) in [4.78, 5) is 0. The second kappa shape index (κ2) is 2.74. The highest BCUT2D eigenvalue weighted by molar-refractivity contribution is 5.19. The Labute approximate surface area is 83.1 Å². The van der Waals surface area contributed by atoms with Crippen LogP contribution in [0.2, 0.25) is 0 Å². The maximum Gasteiger partial charge on any atom is -0.0230 e. The molecule has 0 N–H and O–H groups in total. The zero-order valence-corrected chi connectivity index (χ0v) is 9.80. The van der Waals surface area contributed by atoms with E-state index in [4.69, 9.17) is 0 Å². The Morgan fingerprint density at radius 1 is 0.923 bits per heavy atom. The van der Waals surface area contributed by atoms with Crippen molar-refractivity contribution in [2.75, 3.05) is 0 Å². The molecule has 2 saturated carbocycles. The van der Waals surface area contributed by atoms with Crippen LogP contribution in [0.5, 0.6) is 0 Å². The van der Waals surface area contributed by atoms with E-state index in [1.807, 2.05) is 0 Å². The first-order valence-corrected chi connectivity index (χ1v) is 5.99. The van der Waals surface area contributed by atoms with Crippen LogP contribution in [0.15, 0.2) is 0 Å². The Kier molecular flexibility index (Phi) is 2.02. The van der Waals surface area contributed by atoms with Gasteiger partial charge in [0.05, 0.1) is 0 Å². The minimum absolute atomic E-state index is 0.859. The van der Waals surface area contributed by atoms with Crippen LogP contribution in [0.1, 0.15) is 47.5 Å². The summed E-state index contributed by atoms with van der Waals surface area (Å²) in [7, 11) is 0. The molecule has 2 aliphatic carbocycles. The van der Waals surface area contributed by atoms with Gasteiger partial charge < -0.3 is 0 Å². The molecule has 2 fully saturated rings. The summed E-state index contributed by atoms with van der Waals surface area (Å²) in [6, 6.07) is 0. The van der Waals surface area contributed by atoms with Gasteiger partial charge in [-0.15, -0.1) is 0 Å². The first-order valence-electron chi connectivity index (χ1n) is 5.99. The highest BCUT2D eigenvalue weighted by atomic mass is 14.8. The van der Waals surface area contributed by atoms with Gasteiger partial charge in [-0.3, -0.25) is 0 Å². The van der Waals surface area contributed by atoms with Crippen LogP contribution in [-0.2, 0) is 0 Å². The van der Waals surface area contributed by atoms with Crippen LogP contribution < -0.4 is 0 Å². The molecule has 0 amide bonds. The van der Waals surface area contributed by atoms with Crippen LogP contribution in [0.25, 0.3) is 0 Å². The molecular weight excluding hydrogens is 156 g/mol. The molecule has 1 spiro atoms. The number of hydrogen-bond donors (Lipinski definition) is 0. The van der Waals surface area contributed by atoms with Gasteiger partial charge in [0.25, 0.3) is 0 Å². The fourth-order valence-corrected chi connectivity index (χ4v) is 3.44. The Bertz CT molecular complexity index is 204. The van der Waals surface area contributed by atoms with Gasteiger partial charge in [-0.05, 0) is 47.8 Å². The van der Waals surface area contributed by atoms with E-state index < -0.39 is 0 Å². The molecule has 0 bridgehead atoms. The van der Waals surface area contributed by atoms with Crippen LogP contribution in [-0.4, -0.2) is 0 Å². The smallest absolute Gasteiger partial charge is 0.0230 e. The Balaban J connectivity index is 1.90.